The van der Waals surface area contributed by atoms with Crippen LogP contribution in [0.4, 0.5) is 0 Å². The summed E-state index contributed by atoms with van der Waals surface area (Å²) in [4.78, 5) is 11.5. The molecule has 1 amide bonds. The molecule has 1 aliphatic heterocycles. The zero-order chi connectivity index (χ0) is 10.5. The first-order valence-corrected chi connectivity index (χ1v) is 5.38. The highest BCUT2D eigenvalue weighted by Gasteiger charge is 2.15. The van der Waals surface area contributed by atoms with Gasteiger partial charge >= 0.3 is 0 Å². The summed E-state index contributed by atoms with van der Waals surface area (Å²) in [7, 11) is 0. The Labute approximate surface area is 89.0 Å². The molecule has 1 aromatic rings. The Kier molecular flexibility index (Phi) is 3.40. The maximum atomic E-state index is 11.5. The van der Waals surface area contributed by atoms with Gasteiger partial charge in [-0.15, -0.1) is 0 Å². The van der Waals surface area contributed by atoms with E-state index in [1.54, 1.807) is 12.1 Å². The molecule has 1 atom stereocenters. The molecule has 4 nitrogen and oxygen atoms in total. The van der Waals surface area contributed by atoms with E-state index in [2.05, 4.69) is 10.6 Å². The summed E-state index contributed by atoms with van der Waals surface area (Å²) in [6, 6.07) is 3.39. The lowest BCUT2D eigenvalue weighted by molar-refractivity contribution is 0.0917. The molecule has 2 heterocycles. The van der Waals surface area contributed by atoms with Gasteiger partial charge < -0.3 is 15.1 Å². The number of rotatable bonds is 3. The molecular weight excluding hydrogens is 192 g/mol. The number of nitrogens with one attached hydrogen (secondary N) is 2. The minimum atomic E-state index is -0.120. The van der Waals surface area contributed by atoms with E-state index in [4.69, 9.17) is 4.42 Å². The topological polar surface area (TPSA) is 54.3 Å². The summed E-state index contributed by atoms with van der Waals surface area (Å²) in [6.07, 6.45) is 3.89. The zero-order valence-corrected chi connectivity index (χ0v) is 8.66. The van der Waals surface area contributed by atoms with Crippen LogP contribution in [0.2, 0.25) is 0 Å². The third-order valence-corrected chi connectivity index (χ3v) is 2.70. The first kappa shape index (κ1) is 10.2. The van der Waals surface area contributed by atoms with Crippen molar-refractivity contribution in [1.82, 2.24) is 10.6 Å². The molecule has 1 fully saturated rings. The SMILES string of the molecule is O=C(NC[C@H]1CCCNC1)c1ccco1. The molecule has 82 valence electrons. The van der Waals surface area contributed by atoms with Crippen molar-refractivity contribution in [3.8, 4) is 0 Å². The number of carbonyl (C=O) groups excluding carboxylic acids is 1. The van der Waals surface area contributed by atoms with Crippen LogP contribution in [-0.4, -0.2) is 25.5 Å². The Morgan fingerprint density at radius 2 is 2.60 bits per heavy atom. The molecule has 2 N–H and O–H groups in total. The second-order valence-corrected chi connectivity index (χ2v) is 3.90. The van der Waals surface area contributed by atoms with Crippen molar-refractivity contribution in [2.75, 3.05) is 19.6 Å². The fourth-order valence-corrected chi connectivity index (χ4v) is 1.83. The molecule has 0 aromatic carbocycles. The number of carbonyl (C=O) groups is 1. The van der Waals surface area contributed by atoms with Gasteiger partial charge in [0.15, 0.2) is 5.76 Å². The zero-order valence-electron chi connectivity index (χ0n) is 8.66. The normalized spacial score (nSPS) is 21.2. The van der Waals surface area contributed by atoms with E-state index < -0.39 is 0 Å². The molecule has 1 aliphatic rings. The van der Waals surface area contributed by atoms with Crippen LogP contribution < -0.4 is 10.6 Å². The van der Waals surface area contributed by atoms with Crippen molar-refractivity contribution in [1.29, 1.82) is 0 Å². The predicted molar refractivity (Wildman–Crippen MR) is 56.6 cm³/mol. The highest BCUT2D eigenvalue weighted by Crippen LogP contribution is 2.08. The van der Waals surface area contributed by atoms with Crippen molar-refractivity contribution in [2.24, 2.45) is 5.92 Å². The van der Waals surface area contributed by atoms with Crippen LogP contribution in [0.1, 0.15) is 23.4 Å². The molecule has 0 aliphatic carbocycles. The molecule has 2 rings (SSSR count). The summed E-state index contributed by atoms with van der Waals surface area (Å²) in [5.74, 6) is 0.821. The van der Waals surface area contributed by atoms with Crippen molar-refractivity contribution in [2.45, 2.75) is 12.8 Å². The maximum absolute atomic E-state index is 11.5. The van der Waals surface area contributed by atoms with Gasteiger partial charge in [-0.1, -0.05) is 0 Å². The second-order valence-electron chi connectivity index (χ2n) is 3.90. The standard InChI is InChI=1S/C11H16N2O2/c14-11(10-4-2-6-15-10)13-8-9-3-1-5-12-7-9/h2,4,6,9,12H,1,3,5,7-8H2,(H,13,14)/t9-/m0/s1. The molecule has 0 saturated carbocycles. The minimum Gasteiger partial charge on any atom is -0.459 e. The summed E-state index contributed by atoms with van der Waals surface area (Å²) in [6.45, 7) is 2.83. The monoisotopic (exact) mass is 208 g/mol. The van der Waals surface area contributed by atoms with Gasteiger partial charge in [0.05, 0.1) is 6.26 Å². The van der Waals surface area contributed by atoms with Crippen LogP contribution >= 0.6 is 0 Å². The van der Waals surface area contributed by atoms with Crippen LogP contribution in [0.15, 0.2) is 22.8 Å². The van der Waals surface area contributed by atoms with Crippen LogP contribution in [0.3, 0.4) is 0 Å². The smallest absolute Gasteiger partial charge is 0.286 e. The number of amides is 1. The van der Waals surface area contributed by atoms with Gasteiger partial charge in [0.25, 0.3) is 5.91 Å². The van der Waals surface area contributed by atoms with Gasteiger partial charge in [-0.25, -0.2) is 0 Å². The van der Waals surface area contributed by atoms with E-state index >= 15 is 0 Å². The fraction of sp³-hybridized carbons (Fsp3) is 0.545. The first-order chi connectivity index (χ1) is 7.36. The van der Waals surface area contributed by atoms with Crippen LogP contribution in [0.25, 0.3) is 0 Å². The van der Waals surface area contributed by atoms with E-state index in [9.17, 15) is 4.79 Å². The Bertz CT molecular complexity index is 302. The van der Waals surface area contributed by atoms with Crippen LogP contribution in [0, 0.1) is 5.92 Å². The lowest BCUT2D eigenvalue weighted by atomic mass is 10.00. The molecule has 1 saturated heterocycles. The number of hydrogen-bond donors (Lipinski definition) is 2. The van der Waals surface area contributed by atoms with Gasteiger partial charge in [0.1, 0.15) is 0 Å². The summed E-state index contributed by atoms with van der Waals surface area (Å²) < 4.78 is 5.01. The Hall–Kier alpha value is -1.29. The van der Waals surface area contributed by atoms with Gasteiger partial charge in [0.2, 0.25) is 0 Å². The largest absolute Gasteiger partial charge is 0.459 e. The van der Waals surface area contributed by atoms with Crippen LogP contribution in [0.5, 0.6) is 0 Å². The Balaban J connectivity index is 1.75. The Morgan fingerprint density at radius 1 is 1.67 bits per heavy atom. The summed E-state index contributed by atoms with van der Waals surface area (Å²) in [5, 5.41) is 6.20. The molecule has 0 unspecified atom stereocenters. The lowest BCUT2D eigenvalue weighted by Crippen LogP contribution is -2.38. The van der Waals surface area contributed by atoms with Crippen molar-refractivity contribution < 1.29 is 9.21 Å². The molecule has 0 bridgehead atoms. The van der Waals surface area contributed by atoms with E-state index in [1.807, 2.05) is 0 Å². The third kappa shape index (κ3) is 2.83. The third-order valence-electron chi connectivity index (χ3n) is 2.70. The second kappa shape index (κ2) is 4.98. The maximum Gasteiger partial charge on any atom is 0.286 e. The number of furan rings is 1. The molecular formula is C11H16N2O2. The highest BCUT2D eigenvalue weighted by molar-refractivity contribution is 5.91. The van der Waals surface area contributed by atoms with E-state index in [1.165, 1.54) is 19.1 Å². The minimum absolute atomic E-state index is 0.120. The average molecular weight is 208 g/mol. The molecule has 0 radical (unpaired) electrons. The lowest BCUT2D eigenvalue weighted by Gasteiger charge is -2.22. The van der Waals surface area contributed by atoms with Gasteiger partial charge in [-0.05, 0) is 44.0 Å². The number of hydrogen-bond acceptors (Lipinski definition) is 3. The number of piperidine rings is 1. The molecule has 0 spiro atoms. The van der Waals surface area contributed by atoms with E-state index in [0.29, 0.717) is 11.7 Å². The highest BCUT2D eigenvalue weighted by atomic mass is 16.3. The van der Waals surface area contributed by atoms with Gasteiger partial charge in [0, 0.05) is 6.54 Å². The van der Waals surface area contributed by atoms with Crippen LogP contribution in [-0.2, 0) is 0 Å². The van der Waals surface area contributed by atoms with Crippen molar-refractivity contribution in [3.63, 3.8) is 0 Å². The van der Waals surface area contributed by atoms with E-state index in [-0.39, 0.29) is 5.91 Å². The van der Waals surface area contributed by atoms with Crippen molar-refractivity contribution >= 4 is 5.91 Å². The molecule has 4 heteroatoms. The van der Waals surface area contributed by atoms with E-state index in [0.717, 1.165) is 19.6 Å². The van der Waals surface area contributed by atoms with Gasteiger partial charge in [-0.3, -0.25) is 4.79 Å². The predicted octanol–water partition coefficient (Wildman–Crippen LogP) is 1.01. The Morgan fingerprint density at radius 3 is 3.27 bits per heavy atom. The molecule has 1 aromatic heterocycles. The fourth-order valence-electron chi connectivity index (χ4n) is 1.83. The molecule has 15 heavy (non-hydrogen) atoms. The van der Waals surface area contributed by atoms with Gasteiger partial charge in [-0.2, -0.15) is 0 Å². The summed E-state index contributed by atoms with van der Waals surface area (Å²) in [5.41, 5.74) is 0. The van der Waals surface area contributed by atoms with Crippen molar-refractivity contribution in [3.05, 3.63) is 24.2 Å². The first-order valence-electron chi connectivity index (χ1n) is 5.38. The summed E-state index contributed by atoms with van der Waals surface area (Å²) >= 11 is 0. The quantitative estimate of drug-likeness (QED) is 0.779. The average Bonchev–Trinajstić information content (AvgIpc) is 2.81.